The molecule has 2 saturated carbocycles. The maximum atomic E-state index is 9.40. The SMILES string of the molecule is N#Cc1ncn(C2CCC(C#N)(NC3CC3)C2)n1. The molecular formula is C12H14N6. The maximum Gasteiger partial charge on any atom is 0.252 e. The lowest BCUT2D eigenvalue weighted by atomic mass is 9.99. The molecule has 0 saturated heterocycles. The van der Waals surface area contributed by atoms with Gasteiger partial charge in [-0.3, -0.25) is 5.32 Å². The molecule has 6 nitrogen and oxygen atoms in total. The zero-order valence-electron chi connectivity index (χ0n) is 10.0. The van der Waals surface area contributed by atoms with E-state index in [9.17, 15) is 5.26 Å². The Morgan fingerprint density at radius 2 is 2.22 bits per heavy atom. The summed E-state index contributed by atoms with van der Waals surface area (Å²) in [5.41, 5.74) is -0.412. The van der Waals surface area contributed by atoms with Crippen LogP contribution in [0.3, 0.4) is 0 Å². The van der Waals surface area contributed by atoms with Crippen LogP contribution >= 0.6 is 0 Å². The minimum absolute atomic E-state index is 0.172. The molecule has 6 heteroatoms. The van der Waals surface area contributed by atoms with Crippen LogP contribution in [-0.4, -0.2) is 26.3 Å². The van der Waals surface area contributed by atoms with Crippen LogP contribution in [0.5, 0.6) is 0 Å². The summed E-state index contributed by atoms with van der Waals surface area (Å²) < 4.78 is 1.73. The van der Waals surface area contributed by atoms with E-state index in [0.717, 1.165) is 19.3 Å². The molecule has 1 heterocycles. The molecular weight excluding hydrogens is 228 g/mol. The van der Waals surface area contributed by atoms with E-state index < -0.39 is 5.54 Å². The highest BCUT2D eigenvalue weighted by molar-refractivity contribution is 5.15. The molecule has 0 aliphatic heterocycles. The summed E-state index contributed by atoms with van der Waals surface area (Å²) in [4.78, 5) is 3.91. The quantitative estimate of drug-likeness (QED) is 0.850. The van der Waals surface area contributed by atoms with Crippen LogP contribution in [-0.2, 0) is 0 Å². The highest BCUT2D eigenvalue weighted by atomic mass is 15.3. The number of hydrogen-bond donors (Lipinski definition) is 1. The zero-order valence-corrected chi connectivity index (χ0v) is 10.0. The summed E-state index contributed by atoms with van der Waals surface area (Å²) in [6, 6.07) is 5.05. The smallest absolute Gasteiger partial charge is 0.252 e. The topological polar surface area (TPSA) is 90.3 Å². The Kier molecular flexibility index (Phi) is 2.53. The van der Waals surface area contributed by atoms with Gasteiger partial charge in [-0.25, -0.2) is 9.67 Å². The van der Waals surface area contributed by atoms with Crippen molar-refractivity contribution in [2.45, 2.75) is 49.7 Å². The molecule has 0 radical (unpaired) electrons. The molecule has 18 heavy (non-hydrogen) atoms. The first-order chi connectivity index (χ1) is 8.74. The van der Waals surface area contributed by atoms with E-state index >= 15 is 0 Å². The summed E-state index contributed by atoms with van der Waals surface area (Å²) in [5, 5.41) is 25.7. The number of aromatic nitrogens is 3. The molecule has 1 aromatic heterocycles. The molecule has 2 aliphatic carbocycles. The molecule has 0 amide bonds. The van der Waals surface area contributed by atoms with Crippen molar-refractivity contribution in [3.63, 3.8) is 0 Å². The molecule has 0 spiro atoms. The average molecular weight is 242 g/mol. The van der Waals surface area contributed by atoms with Crippen LogP contribution in [0.25, 0.3) is 0 Å². The molecule has 92 valence electrons. The Bertz CT molecular complexity index is 531. The lowest BCUT2D eigenvalue weighted by Crippen LogP contribution is -2.43. The van der Waals surface area contributed by atoms with Crippen LogP contribution in [0.4, 0.5) is 0 Å². The van der Waals surface area contributed by atoms with Gasteiger partial charge in [0.15, 0.2) is 0 Å². The Morgan fingerprint density at radius 3 is 2.83 bits per heavy atom. The third kappa shape index (κ3) is 1.96. The second-order valence-electron chi connectivity index (χ2n) is 5.17. The fraction of sp³-hybridized carbons (Fsp3) is 0.667. The van der Waals surface area contributed by atoms with Gasteiger partial charge in [-0.05, 0) is 25.7 Å². The van der Waals surface area contributed by atoms with E-state index in [0.29, 0.717) is 6.04 Å². The first kappa shape index (κ1) is 11.2. The summed E-state index contributed by atoms with van der Waals surface area (Å²) in [5.74, 6) is 0.194. The van der Waals surface area contributed by atoms with E-state index in [1.165, 1.54) is 12.8 Å². The van der Waals surface area contributed by atoms with Gasteiger partial charge in [-0.2, -0.15) is 10.5 Å². The Morgan fingerprint density at radius 1 is 1.39 bits per heavy atom. The lowest BCUT2D eigenvalue weighted by molar-refractivity contribution is 0.385. The summed E-state index contributed by atoms with van der Waals surface area (Å²) >= 11 is 0. The largest absolute Gasteiger partial charge is 0.297 e. The number of nitrogens with one attached hydrogen (secondary N) is 1. The highest BCUT2D eigenvalue weighted by Crippen LogP contribution is 2.39. The molecule has 0 bridgehead atoms. The minimum atomic E-state index is -0.412. The molecule has 3 rings (SSSR count). The first-order valence-electron chi connectivity index (χ1n) is 6.25. The van der Waals surface area contributed by atoms with Gasteiger partial charge in [0.2, 0.25) is 0 Å². The van der Waals surface area contributed by atoms with Crippen molar-refractivity contribution in [3.05, 3.63) is 12.2 Å². The predicted molar refractivity (Wildman–Crippen MR) is 62.1 cm³/mol. The van der Waals surface area contributed by atoms with Crippen molar-refractivity contribution in [2.75, 3.05) is 0 Å². The minimum Gasteiger partial charge on any atom is -0.297 e. The summed E-state index contributed by atoms with van der Waals surface area (Å²) in [6.07, 6.45) is 6.43. The van der Waals surface area contributed by atoms with E-state index in [1.54, 1.807) is 11.0 Å². The van der Waals surface area contributed by atoms with Gasteiger partial charge in [0.05, 0.1) is 12.1 Å². The van der Waals surface area contributed by atoms with Gasteiger partial charge in [0.25, 0.3) is 5.82 Å². The molecule has 1 N–H and O–H groups in total. The molecule has 2 aliphatic rings. The van der Waals surface area contributed by atoms with Crippen molar-refractivity contribution in [2.24, 2.45) is 0 Å². The summed E-state index contributed by atoms with van der Waals surface area (Å²) in [7, 11) is 0. The average Bonchev–Trinajstić information content (AvgIpc) is 2.93. The molecule has 0 aromatic carbocycles. The molecule has 2 fully saturated rings. The van der Waals surface area contributed by atoms with Crippen LogP contribution in [0.1, 0.15) is 44.0 Å². The van der Waals surface area contributed by atoms with Gasteiger partial charge in [-0.1, -0.05) is 0 Å². The Balaban J connectivity index is 1.73. The maximum absolute atomic E-state index is 9.40. The van der Waals surface area contributed by atoms with Crippen molar-refractivity contribution in [1.82, 2.24) is 20.1 Å². The van der Waals surface area contributed by atoms with Crippen LogP contribution in [0.15, 0.2) is 6.33 Å². The van der Waals surface area contributed by atoms with E-state index in [-0.39, 0.29) is 11.9 Å². The molecule has 2 atom stereocenters. The fourth-order valence-electron chi connectivity index (χ4n) is 2.63. The first-order valence-corrected chi connectivity index (χ1v) is 6.25. The number of hydrogen-bond acceptors (Lipinski definition) is 5. The van der Waals surface area contributed by atoms with E-state index in [1.807, 2.05) is 6.07 Å². The van der Waals surface area contributed by atoms with Gasteiger partial charge >= 0.3 is 0 Å². The van der Waals surface area contributed by atoms with Crippen molar-refractivity contribution < 1.29 is 0 Å². The third-order valence-corrected chi connectivity index (χ3v) is 3.74. The summed E-state index contributed by atoms with van der Waals surface area (Å²) in [6.45, 7) is 0. The number of rotatable bonds is 3. The third-order valence-electron chi connectivity index (χ3n) is 3.74. The van der Waals surface area contributed by atoms with Crippen LogP contribution in [0.2, 0.25) is 0 Å². The zero-order chi connectivity index (χ0) is 12.6. The Labute approximate surface area is 105 Å². The number of nitriles is 2. The number of nitrogens with zero attached hydrogens (tertiary/aromatic N) is 5. The monoisotopic (exact) mass is 242 g/mol. The second-order valence-corrected chi connectivity index (χ2v) is 5.17. The van der Waals surface area contributed by atoms with Gasteiger partial charge in [0, 0.05) is 12.5 Å². The van der Waals surface area contributed by atoms with Crippen molar-refractivity contribution >= 4 is 0 Å². The normalized spacial score (nSPS) is 30.9. The van der Waals surface area contributed by atoms with Crippen LogP contribution in [0, 0.1) is 22.7 Å². The van der Waals surface area contributed by atoms with Gasteiger partial charge in [0.1, 0.15) is 17.9 Å². The predicted octanol–water partition coefficient (Wildman–Crippen LogP) is 0.889. The van der Waals surface area contributed by atoms with Gasteiger partial charge in [-0.15, -0.1) is 5.10 Å². The van der Waals surface area contributed by atoms with Crippen LogP contribution < -0.4 is 5.32 Å². The Hall–Kier alpha value is -1.92. The highest BCUT2D eigenvalue weighted by Gasteiger charge is 2.43. The van der Waals surface area contributed by atoms with E-state index in [2.05, 4.69) is 21.5 Å². The van der Waals surface area contributed by atoms with Crippen molar-refractivity contribution in [3.8, 4) is 12.1 Å². The fourth-order valence-corrected chi connectivity index (χ4v) is 2.63. The van der Waals surface area contributed by atoms with Crippen molar-refractivity contribution in [1.29, 1.82) is 10.5 Å². The van der Waals surface area contributed by atoms with Gasteiger partial charge < -0.3 is 0 Å². The van der Waals surface area contributed by atoms with E-state index in [4.69, 9.17) is 5.26 Å². The lowest BCUT2D eigenvalue weighted by Gasteiger charge is -2.22. The second kappa shape index (κ2) is 4.08. The standard InChI is InChI=1S/C12H14N6/c13-6-11-15-8-18(17-11)10-3-4-12(5-10,7-14)16-9-1-2-9/h8-10,16H,1-5H2. The molecule has 1 aromatic rings. The molecule has 2 unspecified atom stereocenters.